The summed E-state index contributed by atoms with van der Waals surface area (Å²) in [4.78, 5) is 17.2. The highest BCUT2D eigenvalue weighted by atomic mass is 32.2. The van der Waals surface area contributed by atoms with Crippen molar-refractivity contribution in [1.82, 2.24) is 9.99 Å². The number of hydrogen-bond acceptors (Lipinski definition) is 6. The number of hydrazone groups is 1. The van der Waals surface area contributed by atoms with Gasteiger partial charge in [-0.25, -0.2) is 5.43 Å². The van der Waals surface area contributed by atoms with Crippen LogP contribution in [0.25, 0.3) is 5.69 Å². The minimum absolute atomic E-state index is 0.263. The fourth-order valence-electron chi connectivity index (χ4n) is 3.15. The highest BCUT2D eigenvalue weighted by Crippen LogP contribution is 2.29. The number of methoxy groups -OCH3 is 1. The first kappa shape index (κ1) is 21.3. The van der Waals surface area contributed by atoms with Crippen LogP contribution in [0, 0.1) is 0 Å². The Kier molecular flexibility index (Phi) is 7.11. The van der Waals surface area contributed by atoms with Gasteiger partial charge < -0.3 is 9.30 Å². The van der Waals surface area contributed by atoms with Crippen LogP contribution in [-0.2, 0) is 5.75 Å². The van der Waals surface area contributed by atoms with E-state index in [-0.39, 0.29) is 5.91 Å². The van der Waals surface area contributed by atoms with Crippen molar-refractivity contribution in [2.75, 3.05) is 19.4 Å². The van der Waals surface area contributed by atoms with Gasteiger partial charge in [0.2, 0.25) is 0 Å². The third-order valence-electron chi connectivity index (χ3n) is 4.62. The molecule has 1 aliphatic rings. The predicted octanol–water partition coefficient (Wildman–Crippen LogP) is 4.59. The molecule has 6 nitrogen and oxygen atoms in total. The van der Waals surface area contributed by atoms with Gasteiger partial charge in [0.1, 0.15) is 10.1 Å². The van der Waals surface area contributed by atoms with Crippen molar-refractivity contribution in [1.29, 1.82) is 0 Å². The number of carbonyl (C=O) groups is 1. The van der Waals surface area contributed by atoms with E-state index in [9.17, 15) is 4.79 Å². The molecule has 0 saturated heterocycles. The summed E-state index contributed by atoms with van der Waals surface area (Å²) < 4.78 is 8.51. The number of rotatable bonds is 7. The van der Waals surface area contributed by atoms with E-state index in [1.54, 1.807) is 42.9 Å². The second kappa shape index (κ2) is 10.4. The highest BCUT2D eigenvalue weighted by Gasteiger charge is 2.12. The van der Waals surface area contributed by atoms with Crippen molar-refractivity contribution in [2.45, 2.75) is 5.75 Å². The molecule has 1 aromatic heterocycles. The van der Waals surface area contributed by atoms with E-state index >= 15 is 0 Å². The van der Waals surface area contributed by atoms with Gasteiger partial charge in [-0.1, -0.05) is 35.7 Å². The van der Waals surface area contributed by atoms with Gasteiger partial charge in [0, 0.05) is 29.5 Å². The van der Waals surface area contributed by atoms with Crippen LogP contribution in [-0.4, -0.2) is 40.5 Å². The van der Waals surface area contributed by atoms with Crippen molar-refractivity contribution in [2.24, 2.45) is 10.1 Å². The van der Waals surface area contributed by atoms with E-state index in [1.165, 1.54) is 0 Å². The van der Waals surface area contributed by atoms with Crippen LogP contribution in [0.3, 0.4) is 0 Å². The van der Waals surface area contributed by atoms with E-state index in [1.807, 2.05) is 65.5 Å². The zero-order valence-electron chi connectivity index (χ0n) is 17.0. The van der Waals surface area contributed by atoms with Crippen LogP contribution in [0.2, 0.25) is 0 Å². The van der Waals surface area contributed by atoms with Gasteiger partial charge in [0.25, 0.3) is 5.91 Å². The van der Waals surface area contributed by atoms with Gasteiger partial charge in [0.05, 0.1) is 31.1 Å². The zero-order chi connectivity index (χ0) is 21.5. The molecule has 31 heavy (non-hydrogen) atoms. The molecule has 0 spiro atoms. The SMILES string of the molecule is COc1ccc(/C=N/NC(=O)c2ccccc2-n2cccc2)cc1CSC1=NCCS1. The Bertz CT molecular complexity index is 1110. The van der Waals surface area contributed by atoms with Crippen LogP contribution in [0.5, 0.6) is 5.75 Å². The van der Waals surface area contributed by atoms with E-state index in [2.05, 4.69) is 15.5 Å². The molecule has 4 rings (SSSR count). The number of aromatic nitrogens is 1. The van der Waals surface area contributed by atoms with E-state index in [0.29, 0.717) is 5.56 Å². The summed E-state index contributed by atoms with van der Waals surface area (Å²) >= 11 is 3.51. The quantitative estimate of drug-likeness (QED) is 0.422. The first-order chi connectivity index (χ1) is 15.2. The Balaban J connectivity index is 1.44. The minimum atomic E-state index is -0.263. The molecule has 0 unspecified atom stereocenters. The highest BCUT2D eigenvalue weighted by molar-refractivity contribution is 8.38. The number of amides is 1. The predicted molar refractivity (Wildman–Crippen MR) is 130 cm³/mol. The molecule has 1 amide bonds. The smallest absolute Gasteiger partial charge is 0.273 e. The molecule has 1 N–H and O–H groups in total. The minimum Gasteiger partial charge on any atom is -0.496 e. The lowest BCUT2D eigenvalue weighted by Crippen LogP contribution is -2.19. The van der Waals surface area contributed by atoms with Crippen molar-refractivity contribution in [3.63, 3.8) is 0 Å². The molecule has 158 valence electrons. The molecular formula is C23H22N4O2S2. The average molecular weight is 451 g/mol. The maximum absolute atomic E-state index is 12.7. The standard InChI is InChI=1S/C23H22N4O2S2/c1-29-21-9-8-17(14-18(21)16-31-23-24-10-13-30-23)15-25-26-22(28)19-6-2-3-7-20(19)27-11-4-5-12-27/h2-9,11-12,14-15H,10,13,16H2,1H3,(H,26,28)/b25-15+. The first-order valence-electron chi connectivity index (χ1n) is 9.77. The van der Waals surface area contributed by atoms with Crippen LogP contribution < -0.4 is 10.2 Å². The first-order valence-corrected chi connectivity index (χ1v) is 11.7. The molecule has 0 aliphatic carbocycles. The maximum atomic E-state index is 12.7. The summed E-state index contributed by atoms with van der Waals surface area (Å²) in [7, 11) is 1.67. The third kappa shape index (κ3) is 5.39. The van der Waals surface area contributed by atoms with E-state index in [0.717, 1.165) is 45.0 Å². The number of hydrogen-bond donors (Lipinski definition) is 1. The fourth-order valence-corrected chi connectivity index (χ4v) is 5.13. The van der Waals surface area contributed by atoms with Crippen molar-refractivity contribution >= 4 is 40.0 Å². The molecule has 1 aliphatic heterocycles. The zero-order valence-corrected chi connectivity index (χ0v) is 18.7. The van der Waals surface area contributed by atoms with Gasteiger partial charge >= 0.3 is 0 Å². The number of thioether (sulfide) groups is 2. The Morgan fingerprint density at radius 2 is 2.10 bits per heavy atom. The van der Waals surface area contributed by atoms with Gasteiger partial charge in [-0.2, -0.15) is 5.10 Å². The van der Waals surface area contributed by atoms with Gasteiger partial charge in [0.15, 0.2) is 0 Å². The molecule has 2 heterocycles. The molecule has 2 aromatic carbocycles. The van der Waals surface area contributed by atoms with E-state index < -0.39 is 0 Å². The lowest BCUT2D eigenvalue weighted by atomic mass is 10.1. The van der Waals surface area contributed by atoms with Crippen LogP contribution in [0.4, 0.5) is 0 Å². The molecule has 0 atom stereocenters. The lowest BCUT2D eigenvalue weighted by molar-refractivity contribution is 0.0955. The topological polar surface area (TPSA) is 68.0 Å². The number of aliphatic imine (C=N–C) groups is 1. The summed E-state index contributed by atoms with van der Waals surface area (Å²) in [5.41, 5.74) is 5.94. The second-order valence-electron chi connectivity index (χ2n) is 6.66. The van der Waals surface area contributed by atoms with Crippen molar-refractivity contribution in [3.8, 4) is 11.4 Å². The molecule has 0 bridgehead atoms. The fraction of sp³-hybridized carbons (Fsp3) is 0.174. The summed E-state index contributed by atoms with van der Waals surface area (Å²) in [6, 6.07) is 17.1. The van der Waals surface area contributed by atoms with Crippen LogP contribution in [0.1, 0.15) is 21.5 Å². The monoisotopic (exact) mass is 450 g/mol. The number of benzene rings is 2. The molecule has 0 saturated carbocycles. The van der Waals surface area contributed by atoms with Gasteiger partial charge in [-0.3, -0.25) is 9.79 Å². The summed E-state index contributed by atoms with van der Waals surface area (Å²) in [6.07, 6.45) is 5.45. The third-order valence-corrected chi connectivity index (χ3v) is 6.93. The molecule has 8 heteroatoms. The molecule has 0 fully saturated rings. The Morgan fingerprint density at radius 1 is 1.26 bits per heavy atom. The normalized spacial score (nSPS) is 13.4. The molecular weight excluding hydrogens is 428 g/mol. The van der Waals surface area contributed by atoms with Gasteiger partial charge in [-0.15, -0.1) is 0 Å². The lowest BCUT2D eigenvalue weighted by Gasteiger charge is -2.10. The Labute approximate surface area is 189 Å². The largest absolute Gasteiger partial charge is 0.496 e. The van der Waals surface area contributed by atoms with Crippen molar-refractivity contribution < 1.29 is 9.53 Å². The number of carbonyl (C=O) groups excluding carboxylic acids is 1. The Hall–Kier alpha value is -2.97. The van der Waals surface area contributed by atoms with Crippen LogP contribution in [0.15, 0.2) is 77.1 Å². The summed E-state index contributed by atoms with van der Waals surface area (Å²) in [5, 5.41) is 4.17. The summed E-state index contributed by atoms with van der Waals surface area (Å²) in [6.45, 7) is 0.893. The van der Waals surface area contributed by atoms with Gasteiger partial charge in [-0.05, 0) is 48.0 Å². The Morgan fingerprint density at radius 3 is 2.87 bits per heavy atom. The van der Waals surface area contributed by atoms with E-state index in [4.69, 9.17) is 4.74 Å². The average Bonchev–Trinajstić information content (AvgIpc) is 3.52. The second-order valence-corrected chi connectivity index (χ2v) is 8.97. The molecule has 3 aromatic rings. The van der Waals surface area contributed by atoms with Crippen LogP contribution >= 0.6 is 23.5 Å². The number of nitrogens with one attached hydrogen (secondary N) is 1. The number of ether oxygens (including phenoxy) is 1. The summed E-state index contributed by atoms with van der Waals surface area (Å²) in [5.74, 6) is 2.39. The molecule has 0 radical (unpaired) electrons. The number of nitrogens with zero attached hydrogens (tertiary/aromatic N) is 3. The number of para-hydroxylation sites is 1. The maximum Gasteiger partial charge on any atom is 0.273 e. The van der Waals surface area contributed by atoms with Crippen molar-refractivity contribution in [3.05, 3.63) is 83.7 Å².